The summed E-state index contributed by atoms with van der Waals surface area (Å²) >= 11 is 0. The van der Waals surface area contributed by atoms with Crippen LogP contribution in [-0.2, 0) is 5.41 Å². The van der Waals surface area contributed by atoms with Crippen molar-refractivity contribution in [3.63, 3.8) is 0 Å². The van der Waals surface area contributed by atoms with E-state index in [1.54, 1.807) is 0 Å². The number of rotatable bonds is 6. The van der Waals surface area contributed by atoms with Crippen LogP contribution in [0.5, 0.6) is 0 Å². The highest BCUT2D eigenvalue weighted by molar-refractivity contribution is 5.87. The topological polar surface area (TPSA) is 0 Å². The summed E-state index contributed by atoms with van der Waals surface area (Å²) in [6, 6.07) is 17.3. The average Bonchev–Trinajstić information content (AvgIpc) is 2.98. The SMILES string of the molecule is C=C/C=C\C(=C/C)C1(/C(C=C)=C/C=C)c2ccccc2-c2ccccc21. The summed E-state index contributed by atoms with van der Waals surface area (Å²) in [5, 5.41) is 0. The molecule has 0 saturated carbocycles. The van der Waals surface area contributed by atoms with Crippen molar-refractivity contribution < 1.29 is 0 Å². The van der Waals surface area contributed by atoms with Crippen LogP contribution in [0.3, 0.4) is 0 Å². The summed E-state index contributed by atoms with van der Waals surface area (Å²) in [6.07, 6.45) is 14.0. The molecule has 0 amide bonds. The lowest BCUT2D eigenvalue weighted by Gasteiger charge is -2.35. The highest BCUT2D eigenvalue weighted by atomic mass is 14.5. The minimum absolute atomic E-state index is 0.405. The second-order valence-electron chi connectivity index (χ2n) is 6.24. The van der Waals surface area contributed by atoms with Crippen molar-refractivity contribution in [1.29, 1.82) is 0 Å². The molecule has 0 aliphatic heterocycles. The van der Waals surface area contributed by atoms with Gasteiger partial charge in [0.2, 0.25) is 0 Å². The number of hydrogen-bond donors (Lipinski definition) is 0. The standard InChI is InChI=1S/C26H24/c1-5-9-15-21(8-4)26(20(7-3)14-6-2)24-18-12-10-16-22(24)23-17-11-13-19-25(23)26/h5-19H,1-3H2,4H3/b15-9-,20-14+,21-8+. The lowest BCUT2D eigenvalue weighted by Crippen LogP contribution is -2.29. The lowest BCUT2D eigenvalue weighted by atomic mass is 9.66. The van der Waals surface area contributed by atoms with E-state index in [9.17, 15) is 0 Å². The fraction of sp³-hybridized carbons (Fsp3) is 0.0769. The van der Waals surface area contributed by atoms with Gasteiger partial charge in [0, 0.05) is 0 Å². The average molecular weight is 336 g/mol. The summed E-state index contributed by atoms with van der Waals surface area (Å²) in [7, 11) is 0. The number of hydrogen-bond acceptors (Lipinski definition) is 0. The van der Waals surface area contributed by atoms with Crippen molar-refractivity contribution in [2.24, 2.45) is 0 Å². The summed E-state index contributed by atoms with van der Waals surface area (Å²) in [5.74, 6) is 0. The maximum atomic E-state index is 4.12. The normalized spacial score (nSPS) is 15.4. The van der Waals surface area contributed by atoms with Gasteiger partial charge in [0.25, 0.3) is 0 Å². The molecule has 1 aliphatic rings. The lowest BCUT2D eigenvalue weighted by molar-refractivity contribution is 0.764. The van der Waals surface area contributed by atoms with Crippen molar-refractivity contribution in [2.45, 2.75) is 12.3 Å². The van der Waals surface area contributed by atoms with Gasteiger partial charge in [-0.3, -0.25) is 0 Å². The van der Waals surface area contributed by atoms with E-state index in [1.165, 1.54) is 27.8 Å². The Morgan fingerprint density at radius 2 is 1.38 bits per heavy atom. The van der Waals surface area contributed by atoms with Gasteiger partial charge < -0.3 is 0 Å². The molecule has 3 rings (SSSR count). The first-order valence-corrected chi connectivity index (χ1v) is 8.86. The van der Waals surface area contributed by atoms with Crippen LogP contribution in [0.2, 0.25) is 0 Å². The first-order valence-electron chi connectivity index (χ1n) is 8.86. The van der Waals surface area contributed by atoms with Crippen LogP contribution in [0, 0.1) is 0 Å². The van der Waals surface area contributed by atoms with Gasteiger partial charge in [0.1, 0.15) is 0 Å². The Balaban J connectivity index is 2.51. The molecule has 2 aromatic rings. The van der Waals surface area contributed by atoms with Gasteiger partial charge >= 0.3 is 0 Å². The Labute approximate surface area is 156 Å². The van der Waals surface area contributed by atoms with E-state index >= 15 is 0 Å². The van der Waals surface area contributed by atoms with Gasteiger partial charge in [0.15, 0.2) is 0 Å². The van der Waals surface area contributed by atoms with Crippen molar-refractivity contribution in [3.8, 4) is 11.1 Å². The van der Waals surface area contributed by atoms with Crippen LogP contribution >= 0.6 is 0 Å². The van der Waals surface area contributed by atoms with E-state index in [1.807, 2.05) is 24.3 Å². The van der Waals surface area contributed by atoms with Crippen molar-refractivity contribution in [2.75, 3.05) is 0 Å². The van der Waals surface area contributed by atoms with Crippen LogP contribution in [0.4, 0.5) is 0 Å². The Kier molecular flexibility index (Phi) is 5.04. The van der Waals surface area contributed by atoms with Crippen molar-refractivity contribution in [3.05, 3.63) is 133 Å². The Morgan fingerprint density at radius 3 is 1.85 bits per heavy atom. The van der Waals surface area contributed by atoms with E-state index in [-0.39, 0.29) is 0 Å². The fourth-order valence-electron chi connectivity index (χ4n) is 4.11. The van der Waals surface area contributed by atoms with E-state index in [4.69, 9.17) is 0 Å². The van der Waals surface area contributed by atoms with Crippen LogP contribution in [-0.4, -0.2) is 0 Å². The third-order valence-corrected chi connectivity index (χ3v) is 5.06. The molecule has 0 nitrogen and oxygen atoms in total. The highest BCUT2D eigenvalue weighted by Gasteiger charge is 2.46. The number of benzene rings is 2. The highest BCUT2D eigenvalue weighted by Crippen LogP contribution is 2.56. The third kappa shape index (κ3) is 2.46. The molecule has 128 valence electrons. The maximum absolute atomic E-state index is 4.12. The number of allylic oxidation sites excluding steroid dienone is 9. The van der Waals surface area contributed by atoms with E-state index in [0.29, 0.717) is 0 Å². The van der Waals surface area contributed by atoms with Gasteiger partial charge in [0.05, 0.1) is 5.41 Å². The van der Waals surface area contributed by atoms with Gasteiger partial charge in [-0.15, -0.1) is 0 Å². The van der Waals surface area contributed by atoms with Crippen LogP contribution in [0.25, 0.3) is 11.1 Å². The summed E-state index contributed by atoms with van der Waals surface area (Å²) < 4.78 is 0. The molecular weight excluding hydrogens is 312 g/mol. The molecule has 0 heterocycles. The second kappa shape index (κ2) is 7.41. The van der Waals surface area contributed by atoms with Crippen LogP contribution in [0.1, 0.15) is 18.1 Å². The van der Waals surface area contributed by atoms with Gasteiger partial charge in [-0.1, -0.05) is 111 Å². The minimum Gasteiger partial charge on any atom is -0.0991 e. The van der Waals surface area contributed by atoms with E-state index in [2.05, 4.69) is 93.4 Å². The van der Waals surface area contributed by atoms with Gasteiger partial charge in [-0.25, -0.2) is 0 Å². The van der Waals surface area contributed by atoms with E-state index < -0.39 is 5.41 Å². The molecule has 0 unspecified atom stereocenters. The molecule has 0 aromatic heterocycles. The van der Waals surface area contributed by atoms with Crippen LogP contribution in [0.15, 0.2) is 122 Å². The zero-order valence-corrected chi connectivity index (χ0v) is 15.3. The summed E-state index contributed by atoms with van der Waals surface area (Å²) in [4.78, 5) is 0. The molecule has 0 bridgehead atoms. The predicted octanol–water partition coefficient (Wildman–Crippen LogP) is 6.94. The van der Waals surface area contributed by atoms with E-state index in [0.717, 1.165) is 5.57 Å². The second-order valence-corrected chi connectivity index (χ2v) is 6.24. The quantitative estimate of drug-likeness (QED) is 0.501. The molecule has 0 radical (unpaired) electrons. The minimum atomic E-state index is -0.405. The predicted molar refractivity (Wildman–Crippen MR) is 114 cm³/mol. The Hall–Kier alpha value is -3.12. The zero-order valence-electron chi connectivity index (χ0n) is 15.3. The number of fused-ring (bicyclic) bond motifs is 3. The fourth-order valence-corrected chi connectivity index (χ4v) is 4.11. The van der Waals surface area contributed by atoms with Crippen LogP contribution < -0.4 is 0 Å². The largest absolute Gasteiger partial charge is 0.0991 e. The third-order valence-electron chi connectivity index (χ3n) is 5.06. The first kappa shape index (κ1) is 17.7. The first-order chi connectivity index (χ1) is 12.7. The molecule has 0 heteroatoms. The zero-order chi connectivity index (χ0) is 18.6. The Morgan fingerprint density at radius 1 is 0.808 bits per heavy atom. The molecule has 0 spiro atoms. The van der Waals surface area contributed by atoms with Crippen molar-refractivity contribution >= 4 is 0 Å². The summed E-state index contributed by atoms with van der Waals surface area (Å²) in [6.45, 7) is 14.0. The molecule has 1 aliphatic carbocycles. The van der Waals surface area contributed by atoms with Gasteiger partial charge in [-0.2, -0.15) is 0 Å². The van der Waals surface area contributed by atoms with Crippen molar-refractivity contribution in [1.82, 2.24) is 0 Å². The molecule has 2 aromatic carbocycles. The smallest absolute Gasteiger partial charge is 0.0710 e. The molecule has 0 atom stereocenters. The maximum Gasteiger partial charge on any atom is 0.0710 e. The molecular formula is C26H24. The monoisotopic (exact) mass is 336 g/mol. The van der Waals surface area contributed by atoms with Gasteiger partial charge in [-0.05, 0) is 40.3 Å². The molecule has 0 saturated heterocycles. The molecule has 0 N–H and O–H groups in total. The summed E-state index contributed by atoms with van der Waals surface area (Å²) in [5.41, 5.74) is 7.00. The Bertz CT molecular complexity index is 902. The molecule has 26 heavy (non-hydrogen) atoms. The molecule has 0 fully saturated rings.